The summed E-state index contributed by atoms with van der Waals surface area (Å²) in [7, 11) is 8.12. The van der Waals surface area contributed by atoms with E-state index in [1.54, 1.807) is 0 Å². The normalized spacial score (nSPS) is 11.1. The second-order valence-corrected chi connectivity index (χ2v) is 7.21. The first-order valence-corrected chi connectivity index (χ1v) is 8.99. The lowest BCUT2D eigenvalue weighted by Gasteiger charge is -2.18. The first-order chi connectivity index (χ1) is 13.0. The lowest BCUT2D eigenvalue weighted by molar-refractivity contribution is 0.617. The molecule has 0 saturated heterocycles. The molecule has 4 rings (SSSR count). The average molecular weight is 355 g/mol. The minimum atomic E-state index is 0.764. The van der Waals surface area contributed by atoms with Gasteiger partial charge in [0.15, 0.2) is 0 Å². The Kier molecular flexibility index (Phi) is 4.23. The minimum Gasteiger partial charge on any atom is -0.456 e. The number of benzene rings is 3. The molecule has 0 N–H and O–H groups in total. The summed E-state index contributed by atoms with van der Waals surface area (Å²) in [5.74, 6) is 0.850. The molecule has 0 fully saturated rings. The zero-order valence-corrected chi connectivity index (χ0v) is 16.2. The molecule has 0 spiro atoms. The highest BCUT2D eigenvalue weighted by Gasteiger charge is 2.19. The highest BCUT2D eigenvalue weighted by Crippen LogP contribution is 2.41. The van der Waals surface area contributed by atoms with Gasteiger partial charge in [0.1, 0.15) is 25.4 Å². The lowest BCUT2D eigenvalue weighted by Crippen LogP contribution is -2.21. The number of nitrogens with zero attached hydrogens (tertiary/aromatic N) is 2. The Balaban J connectivity index is 2.18. The van der Waals surface area contributed by atoms with E-state index in [0.717, 1.165) is 50.0 Å². The van der Waals surface area contributed by atoms with E-state index in [1.165, 1.54) is 0 Å². The van der Waals surface area contributed by atoms with Gasteiger partial charge in [-0.15, -0.1) is 0 Å². The van der Waals surface area contributed by atoms with Gasteiger partial charge in [0.25, 0.3) is 0 Å². The van der Waals surface area contributed by atoms with Crippen LogP contribution < -0.4 is 14.8 Å². The molecule has 2 aromatic carbocycles. The summed E-state index contributed by atoms with van der Waals surface area (Å²) in [6.07, 6.45) is 0. The van der Waals surface area contributed by atoms with E-state index in [4.69, 9.17) is 11.3 Å². The molecule has 0 unspecified atom stereocenters. The fourth-order valence-corrected chi connectivity index (χ4v) is 3.44. The smallest absolute Gasteiger partial charge is 0.203 e. The van der Waals surface area contributed by atoms with Crippen molar-refractivity contribution in [3.8, 4) is 22.5 Å². The van der Waals surface area contributed by atoms with E-state index in [2.05, 4.69) is 51.9 Å². The number of hydrogen-bond acceptors (Lipinski definition) is 2. The molecule has 134 valence electrons. The summed E-state index contributed by atoms with van der Waals surface area (Å²) in [5.41, 5.74) is 5.91. The maximum Gasteiger partial charge on any atom is 0.203 e. The Bertz CT molecular complexity index is 1180. The first kappa shape index (κ1) is 17.3. The van der Waals surface area contributed by atoms with Gasteiger partial charge in [-0.05, 0) is 36.2 Å². The predicted octanol–water partition coefficient (Wildman–Crippen LogP) is 4.36. The maximum absolute atomic E-state index is 6.34. The molecule has 0 saturated carbocycles. The molecule has 0 aromatic heterocycles. The Hall–Kier alpha value is -3.07. The Morgan fingerprint density at radius 1 is 0.889 bits per heavy atom. The topological polar surface area (TPSA) is 19.4 Å². The second kappa shape index (κ2) is 6.58. The quantitative estimate of drug-likeness (QED) is 0.393. The zero-order chi connectivity index (χ0) is 19.1. The Labute approximate surface area is 160 Å². The van der Waals surface area contributed by atoms with Crippen molar-refractivity contribution in [1.29, 1.82) is 0 Å². The monoisotopic (exact) mass is 355 g/mol. The van der Waals surface area contributed by atoms with Crippen LogP contribution in [-0.4, -0.2) is 28.2 Å². The van der Waals surface area contributed by atoms with Crippen LogP contribution in [0.1, 0.15) is 5.56 Å². The van der Waals surface area contributed by atoms with Gasteiger partial charge in [-0.2, -0.15) is 0 Å². The highest BCUT2D eigenvalue weighted by atomic mass is 16.3. The van der Waals surface area contributed by atoms with E-state index in [9.17, 15) is 0 Å². The third-order valence-electron chi connectivity index (χ3n) is 4.95. The largest absolute Gasteiger partial charge is 0.456 e. The molecule has 3 nitrogen and oxygen atoms in total. The van der Waals surface area contributed by atoms with Crippen molar-refractivity contribution in [3.05, 3.63) is 78.5 Å². The average Bonchev–Trinajstić information content (AvgIpc) is 2.65. The van der Waals surface area contributed by atoms with E-state index in [-0.39, 0.29) is 0 Å². The van der Waals surface area contributed by atoms with Crippen LogP contribution in [0.3, 0.4) is 0 Å². The van der Waals surface area contributed by atoms with E-state index in [0.29, 0.717) is 0 Å². The van der Waals surface area contributed by atoms with Crippen LogP contribution in [0, 0.1) is 6.92 Å². The zero-order valence-electron chi connectivity index (χ0n) is 16.2. The standard InChI is InChI=1S/C24H23N2O/c1-16-8-6-7-9-19(16)24-20-12-10-17(25(2)3)14-22(20)27-23-15-18(26(4)5)11-13-21(23)24/h1,6-15H,2-5H3/q+1. The summed E-state index contributed by atoms with van der Waals surface area (Å²) < 4.78 is 8.41. The molecule has 2 aliphatic rings. The van der Waals surface area contributed by atoms with E-state index >= 15 is 0 Å². The summed E-state index contributed by atoms with van der Waals surface area (Å²) in [6.45, 7) is 6.34. The van der Waals surface area contributed by atoms with Gasteiger partial charge >= 0.3 is 0 Å². The van der Waals surface area contributed by atoms with Crippen molar-refractivity contribution in [3.63, 3.8) is 0 Å². The van der Waals surface area contributed by atoms with Crippen LogP contribution in [0.15, 0.2) is 65.1 Å². The number of hydrogen-bond donors (Lipinski definition) is 0. The fraction of sp³-hybridized carbons (Fsp3) is 0.167. The molecular weight excluding hydrogens is 332 g/mol. The molecule has 3 heteroatoms. The van der Waals surface area contributed by atoms with Crippen molar-refractivity contribution >= 4 is 16.7 Å². The van der Waals surface area contributed by atoms with Crippen LogP contribution in [0.4, 0.5) is 5.69 Å². The van der Waals surface area contributed by atoms with Gasteiger partial charge in [0, 0.05) is 48.4 Å². The number of anilines is 1. The van der Waals surface area contributed by atoms with Crippen LogP contribution in [0.25, 0.3) is 33.4 Å². The molecule has 0 amide bonds. The number of fused-ring (bicyclic) bond motifs is 2. The Morgan fingerprint density at radius 3 is 2.37 bits per heavy atom. The SMILES string of the molecule is [CH]c1ccccc1-c1c2ccc(=[N+](C)C)cc-2oc2cc(N(C)C)ccc12. The molecular formula is C24H23N2O+. The molecule has 1 aliphatic carbocycles. The van der Waals surface area contributed by atoms with Gasteiger partial charge in [0.2, 0.25) is 5.36 Å². The van der Waals surface area contributed by atoms with Crippen LogP contribution in [-0.2, 0) is 0 Å². The van der Waals surface area contributed by atoms with Gasteiger partial charge in [-0.25, -0.2) is 4.58 Å². The summed E-state index contributed by atoms with van der Waals surface area (Å²) in [6, 6.07) is 20.6. The third-order valence-corrected chi connectivity index (χ3v) is 4.95. The molecule has 1 aliphatic heterocycles. The van der Waals surface area contributed by atoms with Crippen molar-refractivity contribution in [1.82, 2.24) is 4.58 Å². The van der Waals surface area contributed by atoms with Gasteiger partial charge in [0.05, 0.1) is 6.07 Å². The van der Waals surface area contributed by atoms with E-state index in [1.807, 2.05) is 46.4 Å². The summed E-state index contributed by atoms with van der Waals surface area (Å²) in [4.78, 5) is 2.08. The van der Waals surface area contributed by atoms with Gasteiger partial charge < -0.3 is 9.32 Å². The van der Waals surface area contributed by atoms with Crippen LogP contribution in [0.5, 0.6) is 0 Å². The summed E-state index contributed by atoms with van der Waals surface area (Å²) in [5, 5.41) is 2.16. The molecule has 27 heavy (non-hydrogen) atoms. The third kappa shape index (κ3) is 2.99. The predicted molar refractivity (Wildman–Crippen MR) is 113 cm³/mol. The minimum absolute atomic E-state index is 0.764. The first-order valence-electron chi connectivity index (χ1n) is 8.99. The maximum atomic E-state index is 6.34. The van der Waals surface area contributed by atoms with Crippen molar-refractivity contribution in [2.24, 2.45) is 0 Å². The van der Waals surface area contributed by atoms with Crippen molar-refractivity contribution < 1.29 is 4.42 Å². The number of rotatable bonds is 2. The van der Waals surface area contributed by atoms with Gasteiger partial charge in [-0.1, -0.05) is 24.3 Å². The van der Waals surface area contributed by atoms with Crippen LogP contribution >= 0.6 is 0 Å². The second-order valence-electron chi connectivity index (χ2n) is 7.21. The Morgan fingerprint density at radius 2 is 1.67 bits per heavy atom. The van der Waals surface area contributed by atoms with Gasteiger partial charge in [-0.3, -0.25) is 0 Å². The summed E-state index contributed by atoms with van der Waals surface area (Å²) >= 11 is 0. The lowest BCUT2D eigenvalue weighted by atomic mass is 9.91. The molecule has 1 heterocycles. The molecule has 2 aromatic rings. The molecule has 0 bridgehead atoms. The van der Waals surface area contributed by atoms with Crippen LogP contribution in [0.2, 0.25) is 0 Å². The van der Waals surface area contributed by atoms with Crippen molar-refractivity contribution in [2.75, 3.05) is 33.1 Å². The molecule has 2 radical (unpaired) electrons. The van der Waals surface area contributed by atoms with E-state index < -0.39 is 0 Å². The van der Waals surface area contributed by atoms with Crippen molar-refractivity contribution in [2.45, 2.75) is 0 Å². The molecule has 0 atom stereocenters. The highest BCUT2D eigenvalue weighted by molar-refractivity contribution is 6.03. The fourth-order valence-electron chi connectivity index (χ4n) is 3.44.